The van der Waals surface area contributed by atoms with E-state index in [1.165, 1.54) is 16.5 Å². The lowest BCUT2D eigenvalue weighted by Gasteiger charge is -2.31. The third-order valence-corrected chi connectivity index (χ3v) is 5.29. The van der Waals surface area contributed by atoms with E-state index in [1.54, 1.807) is 14.0 Å². The van der Waals surface area contributed by atoms with Crippen LogP contribution in [0.1, 0.15) is 12.5 Å². The second-order valence-corrected chi connectivity index (χ2v) is 7.42. The number of nitrogens with zero attached hydrogens (tertiary/aromatic N) is 3. The van der Waals surface area contributed by atoms with E-state index in [-0.39, 0.29) is 5.91 Å². The number of methoxy groups -OCH3 is 1. The summed E-state index contributed by atoms with van der Waals surface area (Å²) in [7, 11) is 3.84. The average molecular weight is 389 g/mol. The van der Waals surface area contributed by atoms with E-state index in [0.717, 1.165) is 44.9 Å². The summed E-state index contributed by atoms with van der Waals surface area (Å²) in [5, 5.41) is 4.05. The van der Waals surface area contributed by atoms with Gasteiger partial charge in [0.2, 0.25) is 5.91 Å². The standard InChI is InChI=1S/C21H32N4O3/c1-17(26)22-7-6-18-15-25(21-5-4-19(27-3)14-20(18)21)12-13-28-16-24-10-8-23(2)9-11-24/h4-5,14-15H,6-13,16H2,1-3H3,(H,22,26). The molecule has 2 heterocycles. The van der Waals surface area contributed by atoms with Crippen LogP contribution in [0.25, 0.3) is 10.9 Å². The van der Waals surface area contributed by atoms with E-state index >= 15 is 0 Å². The Balaban J connectivity index is 1.60. The number of hydrogen-bond donors (Lipinski definition) is 1. The first-order chi connectivity index (χ1) is 13.6. The molecule has 3 rings (SSSR count). The van der Waals surface area contributed by atoms with E-state index in [2.05, 4.69) is 45.1 Å². The molecule has 7 heteroatoms. The van der Waals surface area contributed by atoms with E-state index in [1.807, 2.05) is 6.07 Å². The van der Waals surface area contributed by atoms with Crippen molar-refractivity contribution in [1.82, 2.24) is 19.7 Å². The average Bonchev–Trinajstić information content (AvgIpc) is 3.03. The highest BCUT2D eigenvalue weighted by Gasteiger charge is 2.14. The third kappa shape index (κ3) is 5.47. The Bertz CT molecular complexity index is 781. The molecule has 0 bridgehead atoms. The van der Waals surface area contributed by atoms with Gasteiger partial charge in [-0.15, -0.1) is 0 Å². The van der Waals surface area contributed by atoms with Gasteiger partial charge < -0.3 is 24.3 Å². The lowest BCUT2D eigenvalue weighted by Crippen LogP contribution is -2.45. The zero-order chi connectivity index (χ0) is 19.9. The minimum absolute atomic E-state index is 0.00127. The fourth-order valence-electron chi connectivity index (χ4n) is 3.57. The van der Waals surface area contributed by atoms with E-state index < -0.39 is 0 Å². The van der Waals surface area contributed by atoms with Gasteiger partial charge in [-0.05, 0) is 37.2 Å². The number of ether oxygens (including phenoxy) is 2. The molecule has 0 aliphatic carbocycles. The predicted molar refractivity (Wildman–Crippen MR) is 111 cm³/mol. The zero-order valence-corrected chi connectivity index (χ0v) is 17.2. The molecule has 1 aromatic heterocycles. The molecule has 1 saturated heterocycles. The topological polar surface area (TPSA) is 59.0 Å². The van der Waals surface area contributed by atoms with Crippen LogP contribution in [-0.4, -0.2) is 80.5 Å². The molecule has 2 aromatic rings. The number of hydrogen-bond acceptors (Lipinski definition) is 5. The van der Waals surface area contributed by atoms with E-state index in [4.69, 9.17) is 9.47 Å². The maximum atomic E-state index is 11.2. The van der Waals surface area contributed by atoms with E-state index in [0.29, 0.717) is 19.9 Å². The van der Waals surface area contributed by atoms with Gasteiger partial charge in [0.25, 0.3) is 0 Å². The van der Waals surface area contributed by atoms with Gasteiger partial charge in [-0.2, -0.15) is 0 Å². The third-order valence-electron chi connectivity index (χ3n) is 5.29. The van der Waals surface area contributed by atoms with Gasteiger partial charge in [0, 0.05) is 63.3 Å². The highest BCUT2D eigenvalue weighted by molar-refractivity contribution is 5.85. The van der Waals surface area contributed by atoms with Gasteiger partial charge in [-0.3, -0.25) is 9.69 Å². The highest BCUT2D eigenvalue weighted by Crippen LogP contribution is 2.26. The summed E-state index contributed by atoms with van der Waals surface area (Å²) < 4.78 is 13.6. The highest BCUT2D eigenvalue weighted by atomic mass is 16.5. The number of likely N-dealkylation sites (N-methyl/N-ethyl adjacent to an activating group) is 1. The molecule has 7 nitrogen and oxygen atoms in total. The van der Waals surface area contributed by atoms with Gasteiger partial charge in [-0.1, -0.05) is 0 Å². The number of rotatable bonds is 9. The SMILES string of the molecule is COc1ccc2c(c1)c(CCNC(C)=O)cn2CCOCN1CCN(C)CC1. The number of benzene rings is 1. The summed E-state index contributed by atoms with van der Waals surface area (Å²) in [6.45, 7) is 8.68. The maximum Gasteiger partial charge on any atom is 0.216 e. The molecule has 28 heavy (non-hydrogen) atoms. The van der Waals surface area contributed by atoms with Gasteiger partial charge in [0.1, 0.15) is 5.75 Å². The molecule has 0 radical (unpaired) electrons. The van der Waals surface area contributed by atoms with Crippen LogP contribution >= 0.6 is 0 Å². The first-order valence-electron chi connectivity index (χ1n) is 9.95. The molecule has 0 unspecified atom stereocenters. The van der Waals surface area contributed by atoms with Crippen LogP contribution in [0.5, 0.6) is 5.75 Å². The molecule has 0 atom stereocenters. The summed E-state index contributed by atoms with van der Waals surface area (Å²) in [5.74, 6) is 0.843. The molecule has 1 aliphatic rings. The van der Waals surface area contributed by atoms with Crippen molar-refractivity contribution in [2.45, 2.75) is 19.9 Å². The molecule has 1 N–H and O–H groups in total. The second-order valence-electron chi connectivity index (χ2n) is 7.42. The molecule has 1 amide bonds. The van der Waals surface area contributed by atoms with Crippen LogP contribution in [0, 0.1) is 0 Å². The zero-order valence-electron chi connectivity index (χ0n) is 17.2. The summed E-state index contributed by atoms with van der Waals surface area (Å²) in [4.78, 5) is 15.9. The van der Waals surface area contributed by atoms with Crippen LogP contribution in [0.2, 0.25) is 0 Å². The predicted octanol–water partition coefficient (Wildman–Crippen LogP) is 1.55. The van der Waals surface area contributed by atoms with Crippen LogP contribution in [0.3, 0.4) is 0 Å². The molecule has 1 aromatic carbocycles. The van der Waals surface area contributed by atoms with Crippen LogP contribution < -0.4 is 10.1 Å². The van der Waals surface area contributed by atoms with Gasteiger partial charge >= 0.3 is 0 Å². The van der Waals surface area contributed by atoms with Crippen molar-refractivity contribution in [2.75, 3.05) is 60.2 Å². The summed E-state index contributed by atoms with van der Waals surface area (Å²) in [6.07, 6.45) is 2.96. The van der Waals surface area contributed by atoms with Crippen molar-refractivity contribution >= 4 is 16.8 Å². The summed E-state index contributed by atoms with van der Waals surface area (Å²) in [6, 6.07) is 6.15. The molecule has 1 fully saturated rings. The Morgan fingerprint density at radius 3 is 2.71 bits per heavy atom. The fourth-order valence-corrected chi connectivity index (χ4v) is 3.57. The van der Waals surface area contributed by atoms with Crippen LogP contribution in [0.15, 0.2) is 24.4 Å². The first-order valence-corrected chi connectivity index (χ1v) is 9.95. The fraction of sp³-hybridized carbons (Fsp3) is 0.571. The van der Waals surface area contributed by atoms with Crippen molar-refractivity contribution < 1.29 is 14.3 Å². The molecule has 0 spiro atoms. The van der Waals surface area contributed by atoms with Crippen LogP contribution in [-0.2, 0) is 22.5 Å². The smallest absolute Gasteiger partial charge is 0.216 e. The Kier molecular flexibility index (Phi) is 7.30. The van der Waals surface area contributed by atoms with Crippen molar-refractivity contribution in [3.63, 3.8) is 0 Å². The largest absolute Gasteiger partial charge is 0.497 e. The molecular formula is C21H32N4O3. The van der Waals surface area contributed by atoms with Crippen molar-refractivity contribution in [3.05, 3.63) is 30.0 Å². The molecule has 0 saturated carbocycles. The Labute approximate surface area is 167 Å². The summed E-state index contributed by atoms with van der Waals surface area (Å²) in [5.41, 5.74) is 2.38. The number of aromatic nitrogens is 1. The summed E-state index contributed by atoms with van der Waals surface area (Å²) >= 11 is 0. The van der Waals surface area contributed by atoms with Crippen molar-refractivity contribution in [1.29, 1.82) is 0 Å². The molecular weight excluding hydrogens is 356 g/mol. The lowest BCUT2D eigenvalue weighted by molar-refractivity contribution is -0.118. The lowest BCUT2D eigenvalue weighted by atomic mass is 10.1. The molecule has 154 valence electrons. The Morgan fingerprint density at radius 2 is 2.00 bits per heavy atom. The van der Waals surface area contributed by atoms with E-state index in [9.17, 15) is 4.79 Å². The van der Waals surface area contributed by atoms with Gasteiger partial charge in [0.15, 0.2) is 0 Å². The minimum atomic E-state index is -0.00127. The van der Waals surface area contributed by atoms with Gasteiger partial charge in [0.05, 0.1) is 20.4 Å². The Hall–Kier alpha value is -2.09. The maximum absolute atomic E-state index is 11.2. The molecule has 1 aliphatic heterocycles. The number of fused-ring (bicyclic) bond motifs is 1. The first kappa shape index (κ1) is 20.6. The number of piperazine rings is 1. The number of nitrogens with one attached hydrogen (secondary N) is 1. The van der Waals surface area contributed by atoms with Gasteiger partial charge in [-0.25, -0.2) is 0 Å². The normalized spacial score (nSPS) is 15.8. The second kappa shape index (κ2) is 9.91. The van der Waals surface area contributed by atoms with Crippen LogP contribution in [0.4, 0.5) is 0 Å². The minimum Gasteiger partial charge on any atom is -0.497 e. The Morgan fingerprint density at radius 1 is 1.21 bits per heavy atom. The van der Waals surface area contributed by atoms with Crippen molar-refractivity contribution in [2.24, 2.45) is 0 Å². The number of carbonyl (C=O) groups excluding carboxylic acids is 1. The quantitative estimate of drug-likeness (QED) is 0.661. The number of carbonyl (C=O) groups is 1. The monoisotopic (exact) mass is 388 g/mol. The number of amides is 1. The van der Waals surface area contributed by atoms with Crippen molar-refractivity contribution in [3.8, 4) is 5.75 Å².